The fourth-order valence-electron chi connectivity index (χ4n) is 0.322. The van der Waals surface area contributed by atoms with Crippen LogP contribution in [0.15, 0.2) is 0 Å². The number of carbonyl (C=O) groups excluding carboxylic acids is 2. The third kappa shape index (κ3) is 3.00. The highest BCUT2D eigenvalue weighted by Crippen LogP contribution is 1.79. The van der Waals surface area contributed by atoms with Gasteiger partial charge < -0.3 is 20.8 Å². The topological polar surface area (TPSA) is 98.7 Å². The van der Waals surface area contributed by atoms with Crippen LogP contribution >= 0.6 is 0 Å². The Bertz CT molecular complexity index is 104. The van der Waals surface area contributed by atoms with Gasteiger partial charge in [-0.2, -0.15) is 0 Å². The SMILES string of the molecule is O=CNC(O)C(O)NC=O. The average Bonchev–Trinajstić information content (AvgIpc) is 1.89. The third-order valence-electron chi connectivity index (χ3n) is 0.777. The molecule has 0 spiro atoms. The van der Waals surface area contributed by atoms with E-state index in [1.807, 2.05) is 10.6 Å². The summed E-state index contributed by atoms with van der Waals surface area (Å²) in [7, 11) is 0. The van der Waals surface area contributed by atoms with E-state index in [0.717, 1.165) is 0 Å². The van der Waals surface area contributed by atoms with Crippen LogP contribution in [0.5, 0.6) is 0 Å². The van der Waals surface area contributed by atoms with Gasteiger partial charge in [-0.3, -0.25) is 9.59 Å². The molecular formula is C4H8N2O4. The number of carbonyl (C=O) groups is 2. The summed E-state index contributed by atoms with van der Waals surface area (Å²) >= 11 is 0. The van der Waals surface area contributed by atoms with Crippen molar-refractivity contribution < 1.29 is 19.8 Å². The maximum Gasteiger partial charge on any atom is 0.209 e. The minimum Gasteiger partial charge on any atom is -0.369 e. The Kier molecular flexibility index (Phi) is 4.17. The van der Waals surface area contributed by atoms with Crippen molar-refractivity contribution in [2.24, 2.45) is 0 Å². The number of hydrogen-bond acceptors (Lipinski definition) is 4. The lowest BCUT2D eigenvalue weighted by molar-refractivity contribution is -0.121. The summed E-state index contributed by atoms with van der Waals surface area (Å²) in [6, 6.07) is 0. The van der Waals surface area contributed by atoms with Crippen molar-refractivity contribution in [3.63, 3.8) is 0 Å². The van der Waals surface area contributed by atoms with Crippen molar-refractivity contribution in [3.05, 3.63) is 0 Å². The first-order valence-electron chi connectivity index (χ1n) is 2.48. The summed E-state index contributed by atoms with van der Waals surface area (Å²) in [5.41, 5.74) is 0. The molecule has 0 bridgehead atoms. The highest BCUT2D eigenvalue weighted by Gasteiger charge is 2.12. The second-order valence-electron chi connectivity index (χ2n) is 1.46. The van der Waals surface area contributed by atoms with Crippen LogP contribution in [0.3, 0.4) is 0 Å². The molecule has 0 radical (unpaired) electrons. The van der Waals surface area contributed by atoms with Crippen molar-refractivity contribution >= 4 is 12.8 Å². The zero-order valence-electron chi connectivity index (χ0n) is 5.02. The molecule has 0 aromatic carbocycles. The van der Waals surface area contributed by atoms with Gasteiger partial charge in [-0.25, -0.2) is 0 Å². The number of rotatable bonds is 5. The number of amides is 2. The Morgan fingerprint density at radius 3 is 1.50 bits per heavy atom. The van der Waals surface area contributed by atoms with Crippen molar-refractivity contribution in [2.75, 3.05) is 0 Å². The lowest BCUT2D eigenvalue weighted by Gasteiger charge is -2.14. The van der Waals surface area contributed by atoms with Crippen molar-refractivity contribution in [1.82, 2.24) is 10.6 Å². The van der Waals surface area contributed by atoms with E-state index in [1.165, 1.54) is 0 Å². The molecule has 0 aliphatic carbocycles. The summed E-state index contributed by atoms with van der Waals surface area (Å²) in [4.78, 5) is 19.3. The first-order valence-corrected chi connectivity index (χ1v) is 2.48. The van der Waals surface area contributed by atoms with E-state index < -0.39 is 12.5 Å². The summed E-state index contributed by atoms with van der Waals surface area (Å²) in [6.07, 6.45) is -2.52. The minimum atomic E-state index is -1.47. The molecule has 2 unspecified atom stereocenters. The van der Waals surface area contributed by atoms with Crippen LogP contribution < -0.4 is 10.6 Å². The molecule has 0 aliphatic heterocycles. The zero-order chi connectivity index (χ0) is 7.98. The van der Waals surface area contributed by atoms with Crippen LogP contribution in [0.25, 0.3) is 0 Å². The third-order valence-corrected chi connectivity index (χ3v) is 0.777. The predicted molar refractivity (Wildman–Crippen MR) is 30.4 cm³/mol. The van der Waals surface area contributed by atoms with Gasteiger partial charge in [0.15, 0.2) is 12.5 Å². The number of nitrogens with one attached hydrogen (secondary N) is 2. The highest BCUT2D eigenvalue weighted by molar-refractivity contribution is 5.48. The zero-order valence-corrected chi connectivity index (χ0v) is 5.02. The van der Waals surface area contributed by atoms with Crippen molar-refractivity contribution in [2.45, 2.75) is 12.5 Å². The Morgan fingerprint density at radius 1 is 1.00 bits per heavy atom. The normalized spacial score (nSPS) is 15.0. The first kappa shape index (κ1) is 8.86. The molecule has 0 aromatic heterocycles. The smallest absolute Gasteiger partial charge is 0.209 e. The molecule has 4 N–H and O–H groups in total. The molecule has 0 saturated heterocycles. The summed E-state index contributed by atoms with van der Waals surface area (Å²) in [6.45, 7) is 0. The van der Waals surface area contributed by atoms with Crippen LogP contribution in [0.2, 0.25) is 0 Å². The fraction of sp³-hybridized carbons (Fsp3) is 0.500. The van der Waals surface area contributed by atoms with Gasteiger partial charge in [-0.05, 0) is 0 Å². The van der Waals surface area contributed by atoms with Gasteiger partial charge in [0.2, 0.25) is 12.8 Å². The summed E-state index contributed by atoms with van der Waals surface area (Å²) in [5, 5.41) is 20.9. The van der Waals surface area contributed by atoms with E-state index in [0.29, 0.717) is 0 Å². The lowest BCUT2D eigenvalue weighted by Crippen LogP contribution is -2.46. The van der Waals surface area contributed by atoms with Gasteiger partial charge in [0, 0.05) is 0 Å². The number of aliphatic hydroxyl groups excluding tert-OH is 2. The summed E-state index contributed by atoms with van der Waals surface area (Å²) < 4.78 is 0. The fourth-order valence-corrected chi connectivity index (χ4v) is 0.322. The molecule has 2 atom stereocenters. The van der Waals surface area contributed by atoms with Crippen molar-refractivity contribution in [1.29, 1.82) is 0 Å². The van der Waals surface area contributed by atoms with E-state index >= 15 is 0 Å². The highest BCUT2D eigenvalue weighted by atomic mass is 16.4. The minimum absolute atomic E-state index is 0.209. The standard InChI is InChI=1S/C4H8N2O4/c7-1-5-3(9)4(10)6-2-8/h1-4,9-10H,(H,5,7)(H,6,8). The summed E-state index contributed by atoms with van der Waals surface area (Å²) in [5.74, 6) is 0. The molecule has 6 nitrogen and oxygen atoms in total. The molecule has 0 aromatic rings. The molecule has 6 heteroatoms. The van der Waals surface area contributed by atoms with Gasteiger partial charge in [-0.1, -0.05) is 0 Å². The maximum atomic E-state index is 9.63. The molecule has 0 heterocycles. The van der Waals surface area contributed by atoms with Gasteiger partial charge in [-0.15, -0.1) is 0 Å². The van der Waals surface area contributed by atoms with Crippen LogP contribution in [0.1, 0.15) is 0 Å². The molecule has 0 aliphatic rings. The van der Waals surface area contributed by atoms with Crippen molar-refractivity contribution in [3.8, 4) is 0 Å². The monoisotopic (exact) mass is 148 g/mol. The van der Waals surface area contributed by atoms with E-state index in [-0.39, 0.29) is 12.8 Å². The van der Waals surface area contributed by atoms with Gasteiger partial charge in [0.25, 0.3) is 0 Å². The van der Waals surface area contributed by atoms with E-state index in [2.05, 4.69) is 0 Å². The molecule has 0 saturated carbocycles. The quantitative estimate of drug-likeness (QED) is 0.248. The largest absolute Gasteiger partial charge is 0.369 e. The lowest BCUT2D eigenvalue weighted by atomic mass is 10.5. The molecule has 0 rings (SSSR count). The van der Waals surface area contributed by atoms with Crippen LogP contribution in [0, 0.1) is 0 Å². The number of hydrogen-bond donors (Lipinski definition) is 4. The second-order valence-corrected chi connectivity index (χ2v) is 1.46. The van der Waals surface area contributed by atoms with E-state index in [4.69, 9.17) is 10.2 Å². The molecule has 2 amide bonds. The Balaban J connectivity index is 3.56. The first-order chi connectivity index (χ1) is 4.72. The van der Waals surface area contributed by atoms with E-state index in [9.17, 15) is 9.59 Å². The predicted octanol–water partition coefficient (Wildman–Crippen LogP) is -2.88. The van der Waals surface area contributed by atoms with Gasteiger partial charge in [0.05, 0.1) is 0 Å². The van der Waals surface area contributed by atoms with Gasteiger partial charge >= 0.3 is 0 Å². The van der Waals surface area contributed by atoms with Gasteiger partial charge in [0.1, 0.15) is 0 Å². The average molecular weight is 148 g/mol. The molecule has 0 fully saturated rings. The molecule has 10 heavy (non-hydrogen) atoms. The second kappa shape index (κ2) is 4.71. The number of aliphatic hydroxyl groups is 2. The Hall–Kier alpha value is -1.14. The molecule has 58 valence electrons. The van der Waals surface area contributed by atoms with Crippen LogP contribution in [-0.4, -0.2) is 35.5 Å². The van der Waals surface area contributed by atoms with Crippen LogP contribution in [-0.2, 0) is 9.59 Å². The maximum absolute atomic E-state index is 9.63. The van der Waals surface area contributed by atoms with E-state index in [1.54, 1.807) is 0 Å². The van der Waals surface area contributed by atoms with Crippen LogP contribution in [0.4, 0.5) is 0 Å². The Labute approximate surface area is 56.8 Å². The Morgan fingerprint density at radius 2 is 1.30 bits per heavy atom. The molecular weight excluding hydrogens is 140 g/mol.